The van der Waals surface area contributed by atoms with Gasteiger partial charge in [-0.3, -0.25) is 14.9 Å². The van der Waals surface area contributed by atoms with Crippen LogP contribution in [0.3, 0.4) is 0 Å². The van der Waals surface area contributed by atoms with Gasteiger partial charge in [0.25, 0.3) is 5.69 Å². The fraction of sp³-hybridized carbons (Fsp3) is 0.111. The number of nitro groups is 1. The van der Waals surface area contributed by atoms with Crippen LogP contribution in [-0.4, -0.2) is 27.9 Å². The summed E-state index contributed by atoms with van der Waals surface area (Å²) < 4.78 is 0. The van der Waals surface area contributed by atoms with Crippen molar-refractivity contribution >= 4 is 46.8 Å². The van der Waals surface area contributed by atoms with Crippen LogP contribution in [0.2, 0.25) is 10.0 Å². The number of nitrogens with zero attached hydrogens (tertiary/aromatic N) is 1. The van der Waals surface area contributed by atoms with Crippen LogP contribution >= 0.6 is 23.2 Å². The molecular weight excluding hydrogens is 395 g/mol. The number of hydrogen-bond acceptors (Lipinski definition) is 4. The largest absolute Gasteiger partial charge is 0.480 e. The predicted molar refractivity (Wildman–Crippen MR) is 102 cm³/mol. The summed E-state index contributed by atoms with van der Waals surface area (Å²) >= 11 is 11.9. The summed E-state index contributed by atoms with van der Waals surface area (Å²) in [5.41, 5.74) is 0.952. The number of non-ortho nitro benzene ring substituents is 1. The minimum atomic E-state index is -1.23. The van der Waals surface area contributed by atoms with Gasteiger partial charge in [0.2, 0.25) is 5.91 Å². The van der Waals surface area contributed by atoms with Crippen molar-refractivity contribution < 1.29 is 19.6 Å². The van der Waals surface area contributed by atoms with Gasteiger partial charge in [-0.2, -0.15) is 0 Å². The third kappa shape index (κ3) is 5.80. The molecule has 140 valence electrons. The van der Waals surface area contributed by atoms with Crippen molar-refractivity contribution in [3.05, 3.63) is 79.8 Å². The van der Waals surface area contributed by atoms with E-state index in [-0.39, 0.29) is 17.1 Å². The topological polar surface area (TPSA) is 110 Å². The van der Waals surface area contributed by atoms with Gasteiger partial charge in [0.05, 0.1) is 15.0 Å². The highest BCUT2D eigenvalue weighted by atomic mass is 35.5. The second-order valence-corrected chi connectivity index (χ2v) is 6.29. The number of hydrogen-bond donors (Lipinski definition) is 2. The maximum atomic E-state index is 12.0. The van der Waals surface area contributed by atoms with Gasteiger partial charge in [-0.25, -0.2) is 4.79 Å². The molecule has 2 aromatic carbocycles. The first kappa shape index (κ1) is 20.4. The molecule has 0 saturated carbocycles. The number of aliphatic carboxylic acids is 1. The van der Waals surface area contributed by atoms with Gasteiger partial charge in [0.15, 0.2) is 0 Å². The van der Waals surface area contributed by atoms with Gasteiger partial charge in [-0.1, -0.05) is 47.5 Å². The summed E-state index contributed by atoms with van der Waals surface area (Å²) in [6, 6.07) is 9.17. The Morgan fingerprint density at radius 2 is 1.85 bits per heavy atom. The normalized spacial score (nSPS) is 11.9. The summed E-state index contributed by atoms with van der Waals surface area (Å²) in [6.07, 6.45) is 2.56. The highest BCUT2D eigenvalue weighted by Crippen LogP contribution is 2.26. The van der Waals surface area contributed by atoms with Crippen LogP contribution < -0.4 is 5.32 Å². The highest BCUT2D eigenvalue weighted by Gasteiger charge is 2.20. The van der Waals surface area contributed by atoms with E-state index in [4.69, 9.17) is 23.2 Å². The van der Waals surface area contributed by atoms with Gasteiger partial charge < -0.3 is 10.4 Å². The van der Waals surface area contributed by atoms with Crippen molar-refractivity contribution in [1.29, 1.82) is 0 Å². The van der Waals surface area contributed by atoms with Crippen LogP contribution in [0.1, 0.15) is 11.1 Å². The van der Waals surface area contributed by atoms with Crippen LogP contribution in [0, 0.1) is 10.1 Å². The standard InChI is InChI=1S/C18H14Cl2N2O5/c19-14-3-1-2-12(17(14)20)6-9-16(23)21-15(18(24)25)10-11-4-7-13(8-5-11)22(26)27/h1-9,15H,10H2,(H,21,23)(H,24,25). The average Bonchev–Trinajstić information content (AvgIpc) is 2.62. The van der Waals surface area contributed by atoms with Crippen molar-refractivity contribution in [3.8, 4) is 0 Å². The number of benzene rings is 2. The van der Waals surface area contributed by atoms with Gasteiger partial charge in [0.1, 0.15) is 6.04 Å². The molecule has 0 radical (unpaired) electrons. The third-order valence-corrected chi connectivity index (χ3v) is 4.43. The van der Waals surface area contributed by atoms with Gasteiger partial charge >= 0.3 is 5.97 Å². The summed E-state index contributed by atoms with van der Waals surface area (Å²) in [7, 11) is 0. The van der Waals surface area contributed by atoms with Crippen LogP contribution in [-0.2, 0) is 16.0 Å². The molecule has 1 amide bonds. The fourth-order valence-corrected chi connectivity index (χ4v) is 2.59. The average molecular weight is 409 g/mol. The predicted octanol–water partition coefficient (Wildman–Crippen LogP) is 3.73. The fourth-order valence-electron chi connectivity index (χ4n) is 2.22. The Hall–Kier alpha value is -2.90. The molecule has 0 saturated heterocycles. The van der Waals surface area contributed by atoms with Crippen molar-refractivity contribution in [3.63, 3.8) is 0 Å². The number of nitro benzene ring substituents is 1. The molecule has 9 heteroatoms. The summed E-state index contributed by atoms with van der Waals surface area (Å²) in [6.45, 7) is 0. The lowest BCUT2D eigenvalue weighted by Crippen LogP contribution is -2.41. The van der Waals surface area contributed by atoms with E-state index in [9.17, 15) is 24.8 Å². The zero-order valence-corrected chi connectivity index (χ0v) is 15.3. The Labute approximate surface area is 164 Å². The number of halogens is 2. The number of carboxylic acids is 1. The quantitative estimate of drug-likeness (QED) is 0.412. The Balaban J connectivity index is 2.05. The van der Waals surface area contributed by atoms with Gasteiger partial charge in [-0.05, 0) is 23.3 Å². The molecular formula is C18H14Cl2N2O5. The molecule has 27 heavy (non-hydrogen) atoms. The van der Waals surface area contributed by atoms with E-state index in [0.717, 1.165) is 6.08 Å². The molecule has 2 aromatic rings. The number of carboxylic acid groups (broad SMARTS) is 1. The van der Waals surface area contributed by atoms with Crippen molar-refractivity contribution in [2.45, 2.75) is 12.5 Å². The Kier molecular flexibility index (Phi) is 6.92. The molecule has 1 unspecified atom stereocenters. The Morgan fingerprint density at radius 3 is 2.44 bits per heavy atom. The van der Waals surface area contributed by atoms with E-state index < -0.39 is 22.8 Å². The molecule has 0 bridgehead atoms. The lowest BCUT2D eigenvalue weighted by molar-refractivity contribution is -0.384. The molecule has 0 aliphatic heterocycles. The zero-order valence-electron chi connectivity index (χ0n) is 13.8. The van der Waals surface area contributed by atoms with Crippen LogP contribution in [0.25, 0.3) is 6.08 Å². The lowest BCUT2D eigenvalue weighted by Gasteiger charge is -2.13. The highest BCUT2D eigenvalue weighted by molar-refractivity contribution is 6.42. The Bertz CT molecular complexity index is 897. The molecule has 0 spiro atoms. The van der Waals surface area contributed by atoms with E-state index in [0.29, 0.717) is 16.1 Å². The van der Waals surface area contributed by atoms with Gasteiger partial charge in [0, 0.05) is 24.6 Å². The minimum Gasteiger partial charge on any atom is -0.480 e. The summed E-state index contributed by atoms with van der Waals surface area (Å²) in [4.78, 5) is 33.5. The second kappa shape index (κ2) is 9.16. The van der Waals surface area contributed by atoms with E-state index in [2.05, 4.69) is 5.32 Å². The number of amides is 1. The molecule has 0 aliphatic carbocycles. The molecule has 0 fully saturated rings. The third-order valence-electron chi connectivity index (χ3n) is 3.60. The van der Waals surface area contributed by atoms with Crippen LogP contribution in [0.15, 0.2) is 48.5 Å². The molecule has 0 aromatic heterocycles. The maximum Gasteiger partial charge on any atom is 0.326 e. The molecule has 0 heterocycles. The van der Waals surface area contributed by atoms with Crippen molar-refractivity contribution in [1.82, 2.24) is 5.32 Å². The molecule has 0 aliphatic rings. The number of carbonyl (C=O) groups is 2. The van der Waals surface area contributed by atoms with E-state index >= 15 is 0 Å². The molecule has 2 rings (SSSR count). The van der Waals surface area contributed by atoms with Crippen LogP contribution in [0.5, 0.6) is 0 Å². The van der Waals surface area contributed by atoms with E-state index in [1.807, 2.05) is 0 Å². The van der Waals surface area contributed by atoms with Crippen molar-refractivity contribution in [2.24, 2.45) is 0 Å². The lowest BCUT2D eigenvalue weighted by atomic mass is 10.1. The summed E-state index contributed by atoms with van der Waals surface area (Å²) in [5, 5.41) is 22.9. The second-order valence-electron chi connectivity index (χ2n) is 5.50. The maximum absolute atomic E-state index is 12.0. The minimum absolute atomic E-state index is 0.0230. The molecule has 2 N–H and O–H groups in total. The SMILES string of the molecule is O=C(C=Cc1cccc(Cl)c1Cl)NC(Cc1ccc([N+](=O)[O-])cc1)C(=O)O. The smallest absolute Gasteiger partial charge is 0.326 e. The first-order chi connectivity index (χ1) is 12.8. The first-order valence-electron chi connectivity index (χ1n) is 7.66. The van der Waals surface area contributed by atoms with E-state index in [1.165, 1.54) is 30.3 Å². The number of rotatable bonds is 7. The van der Waals surface area contributed by atoms with Crippen molar-refractivity contribution in [2.75, 3.05) is 0 Å². The Morgan fingerprint density at radius 1 is 1.19 bits per heavy atom. The first-order valence-corrected chi connectivity index (χ1v) is 8.42. The number of nitrogens with one attached hydrogen (secondary N) is 1. The zero-order chi connectivity index (χ0) is 20.0. The number of carbonyl (C=O) groups excluding carboxylic acids is 1. The molecule has 7 nitrogen and oxygen atoms in total. The molecule has 1 atom stereocenters. The monoisotopic (exact) mass is 408 g/mol. The van der Waals surface area contributed by atoms with Crippen LogP contribution in [0.4, 0.5) is 5.69 Å². The van der Waals surface area contributed by atoms with Gasteiger partial charge in [-0.15, -0.1) is 0 Å². The summed E-state index contributed by atoms with van der Waals surface area (Å²) in [5.74, 6) is -1.85. The van der Waals surface area contributed by atoms with E-state index in [1.54, 1.807) is 18.2 Å².